The largest absolute Gasteiger partial charge is 0.592 e. The minimum atomic E-state index is -3.02. The van der Waals surface area contributed by atoms with Gasteiger partial charge in [-0.3, -0.25) is 0 Å². The van der Waals surface area contributed by atoms with Crippen molar-refractivity contribution in [2.45, 2.75) is 41.5 Å². The second-order valence-electron chi connectivity index (χ2n) is 4.21. The predicted octanol–water partition coefficient (Wildman–Crippen LogP) is 2.17. The summed E-state index contributed by atoms with van der Waals surface area (Å²) in [4.78, 5) is 0. The average molecular weight is 375 g/mol. The molecule has 0 aliphatic heterocycles. The Hall–Kier alpha value is -0.686. The van der Waals surface area contributed by atoms with E-state index in [0.717, 1.165) is 0 Å². The Morgan fingerprint density at radius 1 is 0.458 bits per heavy atom. The van der Waals surface area contributed by atoms with Crippen LogP contribution in [0.2, 0.25) is 0 Å². The molecule has 138 valence electrons. The minimum Gasteiger partial charge on any atom is -0.364 e. The van der Waals surface area contributed by atoms with Crippen LogP contribution in [0.5, 0.6) is 0 Å². The van der Waals surface area contributed by atoms with Crippen molar-refractivity contribution in [1.29, 1.82) is 0 Å². The lowest BCUT2D eigenvalue weighted by atomic mass is 10.7. The van der Waals surface area contributed by atoms with Crippen LogP contribution in [0.3, 0.4) is 0 Å². The van der Waals surface area contributed by atoms with Crippen molar-refractivity contribution in [1.82, 2.24) is 0 Å². The van der Waals surface area contributed by atoms with Gasteiger partial charge in [-0.05, 0) is 64.5 Å². The maximum atomic E-state index is 5.66. The zero-order valence-electron chi connectivity index (χ0n) is 15.7. The van der Waals surface area contributed by atoms with E-state index in [9.17, 15) is 0 Å². The Labute approximate surface area is 148 Å². The third kappa shape index (κ3) is 8.42. The highest BCUT2D eigenvalue weighted by atomic mass is 28.4. The van der Waals surface area contributed by atoms with E-state index >= 15 is 0 Å². The minimum absolute atomic E-state index is 0.462. The van der Waals surface area contributed by atoms with Gasteiger partial charge in [0.05, 0.1) is 0 Å². The fraction of sp³-hybridized carbons (Fsp3) is 0.750. The fourth-order valence-electron chi connectivity index (χ4n) is 1.82. The molecule has 0 aromatic carbocycles. The summed E-state index contributed by atoms with van der Waals surface area (Å²) < 4.78 is 33.9. The first kappa shape index (κ1) is 23.3. The van der Waals surface area contributed by atoms with Gasteiger partial charge in [0.2, 0.25) is 0 Å². The second-order valence-corrected chi connectivity index (χ2v) is 8.67. The lowest BCUT2D eigenvalue weighted by Gasteiger charge is -2.22. The second kappa shape index (κ2) is 13.6. The van der Waals surface area contributed by atoms with Gasteiger partial charge < -0.3 is 26.6 Å². The molecule has 0 rings (SSSR count). The third-order valence-corrected chi connectivity index (χ3v) is 7.37. The molecular weight excluding hydrogens is 344 g/mol. The lowest BCUT2D eigenvalue weighted by molar-refractivity contribution is 0.0861. The van der Waals surface area contributed by atoms with Crippen molar-refractivity contribution in [2.75, 3.05) is 39.6 Å². The van der Waals surface area contributed by atoms with Crippen molar-refractivity contribution in [3.8, 4) is 22.9 Å². The van der Waals surface area contributed by atoms with E-state index in [1.165, 1.54) is 0 Å². The summed E-state index contributed by atoms with van der Waals surface area (Å²) in [5.74, 6) is 5.56. The van der Waals surface area contributed by atoms with Crippen molar-refractivity contribution in [3.05, 3.63) is 0 Å². The molecular formula is C16H30O6Si2. The predicted molar refractivity (Wildman–Crippen MR) is 96.8 cm³/mol. The highest BCUT2D eigenvalue weighted by molar-refractivity contribution is 6.70. The first-order valence-corrected chi connectivity index (χ1v) is 11.9. The first-order chi connectivity index (χ1) is 11.6. The summed E-state index contributed by atoms with van der Waals surface area (Å²) in [5, 5.41) is 0. The normalized spacial score (nSPS) is 11.4. The van der Waals surface area contributed by atoms with Crippen LogP contribution in [0.25, 0.3) is 0 Å². The molecule has 0 aliphatic rings. The molecule has 0 saturated carbocycles. The number of hydrogen-bond donors (Lipinski definition) is 0. The zero-order chi connectivity index (χ0) is 18.3. The zero-order valence-corrected chi connectivity index (χ0v) is 17.7. The SMILES string of the molecule is CCO[Si](C#CC#C[Si](OCC)(OCC)OCC)(OCC)OCC. The molecule has 0 spiro atoms. The Kier molecular flexibility index (Phi) is 13.2. The first-order valence-electron chi connectivity index (χ1n) is 8.45. The molecule has 0 N–H and O–H groups in total. The molecule has 0 heterocycles. The number of hydrogen-bond acceptors (Lipinski definition) is 6. The molecule has 0 aromatic heterocycles. The number of rotatable bonds is 12. The molecule has 0 fully saturated rings. The van der Waals surface area contributed by atoms with E-state index in [4.69, 9.17) is 26.6 Å². The van der Waals surface area contributed by atoms with Gasteiger partial charge in [-0.1, -0.05) is 0 Å². The van der Waals surface area contributed by atoms with Crippen LogP contribution >= 0.6 is 0 Å². The Bertz CT molecular complexity index is 373. The van der Waals surface area contributed by atoms with Gasteiger partial charge in [-0.2, -0.15) is 0 Å². The highest BCUT2D eigenvalue weighted by Gasteiger charge is 2.40. The molecule has 0 aromatic rings. The Balaban J connectivity index is 5.42. The highest BCUT2D eigenvalue weighted by Crippen LogP contribution is 2.10. The van der Waals surface area contributed by atoms with E-state index in [1.807, 2.05) is 41.5 Å². The molecule has 0 atom stereocenters. The van der Waals surface area contributed by atoms with Crippen LogP contribution in [0.1, 0.15) is 41.5 Å². The van der Waals surface area contributed by atoms with Crippen molar-refractivity contribution in [2.24, 2.45) is 0 Å². The molecule has 0 unspecified atom stereocenters. The quantitative estimate of drug-likeness (QED) is 0.385. The molecule has 0 bridgehead atoms. The molecule has 8 heteroatoms. The maximum absolute atomic E-state index is 5.66. The summed E-state index contributed by atoms with van der Waals surface area (Å²) in [5.41, 5.74) is 5.88. The molecule has 24 heavy (non-hydrogen) atoms. The van der Waals surface area contributed by atoms with Gasteiger partial charge >= 0.3 is 17.6 Å². The molecule has 0 saturated heterocycles. The summed E-state index contributed by atoms with van der Waals surface area (Å²) in [7, 11) is -6.04. The standard InChI is InChI=1S/C16H30O6Si2/c1-7-17-23(18-8-2,19-9-3)15-13-14-16-24(20-10-4,21-11-5)22-12-6/h7-12H2,1-6H3. The van der Waals surface area contributed by atoms with E-state index in [-0.39, 0.29) is 0 Å². The van der Waals surface area contributed by atoms with Crippen LogP contribution in [0.15, 0.2) is 0 Å². The third-order valence-electron chi connectivity index (χ3n) is 2.50. The van der Waals surface area contributed by atoms with Crippen LogP contribution in [0, 0.1) is 22.9 Å². The van der Waals surface area contributed by atoms with Gasteiger partial charge in [0.15, 0.2) is 0 Å². The molecule has 6 nitrogen and oxygen atoms in total. The Morgan fingerprint density at radius 3 is 0.833 bits per heavy atom. The summed E-state index contributed by atoms with van der Waals surface area (Å²) in [6.45, 7) is 14.0. The van der Waals surface area contributed by atoms with Crippen LogP contribution < -0.4 is 0 Å². The monoisotopic (exact) mass is 374 g/mol. The van der Waals surface area contributed by atoms with Crippen molar-refractivity contribution in [3.63, 3.8) is 0 Å². The average Bonchev–Trinajstić information content (AvgIpc) is 2.53. The fourth-order valence-corrected chi connectivity index (χ4v) is 5.47. The molecule has 0 aliphatic carbocycles. The van der Waals surface area contributed by atoms with Gasteiger partial charge in [-0.25, -0.2) is 0 Å². The molecule has 0 radical (unpaired) electrons. The van der Waals surface area contributed by atoms with Crippen molar-refractivity contribution >= 4 is 17.6 Å². The van der Waals surface area contributed by atoms with Gasteiger partial charge in [0, 0.05) is 39.6 Å². The van der Waals surface area contributed by atoms with E-state index in [1.54, 1.807) is 0 Å². The van der Waals surface area contributed by atoms with E-state index in [2.05, 4.69) is 22.9 Å². The topological polar surface area (TPSA) is 55.4 Å². The van der Waals surface area contributed by atoms with Gasteiger partial charge in [0.1, 0.15) is 0 Å². The van der Waals surface area contributed by atoms with E-state index in [0.29, 0.717) is 39.6 Å². The summed E-state index contributed by atoms with van der Waals surface area (Å²) in [6.07, 6.45) is 0. The smallest absolute Gasteiger partial charge is 0.364 e. The summed E-state index contributed by atoms with van der Waals surface area (Å²) in [6, 6.07) is 0. The maximum Gasteiger partial charge on any atom is 0.592 e. The van der Waals surface area contributed by atoms with Gasteiger partial charge in [-0.15, -0.1) is 0 Å². The van der Waals surface area contributed by atoms with Crippen LogP contribution in [-0.2, 0) is 26.6 Å². The lowest BCUT2D eigenvalue weighted by Crippen LogP contribution is -2.45. The van der Waals surface area contributed by atoms with Crippen molar-refractivity contribution < 1.29 is 26.6 Å². The summed E-state index contributed by atoms with van der Waals surface area (Å²) >= 11 is 0. The Morgan fingerprint density at radius 2 is 0.667 bits per heavy atom. The van der Waals surface area contributed by atoms with Gasteiger partial charge in [0.25, 0.3) is 0 Å². The molecule has 0 amide bonds. The van der Waals surface area contributed by atoms with Crippen LogP contribution in [-0.4, -0.2) is 57.3 Å². The van der Waals surface area contributed by atoms with E-state index < -0.39 is 17.6 Å². The van der Waals surface area contributed by atoms with Crippen LogP contribution in [0.4, 0.5) is 0 Å².